The Bertz CT molecular complexity index is 879. The Hall–Kier alpha value is -2.79. The molecule has 0 aliphatic heterocycles. The second-order valence-electron chi connectivity index (χ2n) is 4.98. The minimum Gasteiger partial charge on any atom is -0.423 e. The lowest BCUT2D eigenvalue weighted by molar-refractivity contribution is -0.00296. The van der Waals surface area contributed by atoms with Gasteiger partial charge >= 0.3 is 5.97 Å². The molecular weight excluding hydrogens is 362 g/mol. The van der Waals surface area contributed by atoms with Crippen LogP contribution in [0, 0.1) is 5.41 Å². The summed E-state index contributed by atoms with van der Waals surface area (Å²) in [6, 6.07) is 11.2. The zero-order valence-corrected chi connectivity index (χ0v) is 14.3. The molecule has 0 aromatic heterocycles. The summed E-state index contributed by atoms with van der Waals surface area (Å²) in [4.78, 5) is 12.0. The molecule has 0 saturated carbocycles. The topological polar surface area (TPSA) is 152 Å². The third kappa shape index (κ3) is 5.10. The lowest BCUT2D eigenvalue weighted by Gasteiger charge is -2.08. The molecule has 9 nitrogen and oxygen atoms in total. The van der Waals surface area contributed by atoms with Gasteiger partial charge in [0.1, 0.15) is 25.1 Å². The average Bonchev–Trinajstić information content (AvgIpc) is 2.62. The summed E-state index contributed by atoms with van der Waals surface area (Å²) in [5.74, 6) is -0.582. The zero-order valence-electron chi connectivity index (χ0n) is 13.5. The second kappa shape index (κ2) is 8.54. The minimum absolute atomic E-state index is 0.0513. The van der Waals surface area contributed by atoms with E-state index in [4.69, 9.17) is 21.0 Å². The van der Waals surface area contributed by atoms with Crippen molar-refractivity contribution < 1.29 is 27.8 Å². The van der Waals surface area contributed by atoms with Crippen LogP contribution in [0.5, 0.6) is 5.75 Å². The predicted molar refractivity (Wildman–Crippen MR) is 92.2 cm³/mol. The summed E-state index contributed by atoms with van der Waals surface area (Å²) in [6.07, 6.45) is 0. The highest BCUT2D eigenvalue weighted by Gasteiger charge is 2.14. The number of rotatable bonds is 8. The van der Waals surface area contributed by atoms with Gasteiger partial charge in [-0.2, -0.15) is 4.72 Å². The molecule has 5 N–H and O–H groups in total. The summed E-state index contributed by atoms with van der Waals surface area (Å²) < 4.78 is 35.7. The number of amidine groups is 1. The number of aliphatic hydroxyl groups is 1. The molecule has 0 spiro atoms. The number of sulfonamides is 1. The summed E-state index contributed by atoms with van der Waals surface area (Å²) in [7, 11) is -3.80. The van der Waals surface area contributed by atoms with Crippen molar-refractivity contribution in [1.29, 1.82) is 5.41 Å². The van der Waals surface area contributed by atoms with E-state index in [0.717, 1.165) is 0 Å². The maximum Gasteiger partial charge on any atom is 0.343 e. The highest BCUT2D eigenvalue weighted by Crippen LogP contribution is 2.17. The van der Waals surface area contributed by atoms with E-state index in [1.54, 1.807) is 0 Å². The highest BCUT2D eigenvalue weighted by atomic mass is 32.2. The molecule has 0 aliphatic rings. The quantitative estimate of drug-likeness (QED) is 0.129. The number of hydrogen-bond donors (Lipinski definition) is 4. The van der Waals surface area contributed by atoms with Crippen molar-refractivity contribution in [3.63, 3.8) is 0 Å². The largest absolute Gasteiger partial charge is 0.423 e. The lowest BCUT2D eigenvalue weighted by Crippen LogP contribution is -2.26. The molecule has 0 fully saturated rings. The number of aliphatic hydroxyl groups excluding tert-OH is 1. The van der Waals surface area contributed by atoms with Crippen molar-refractivity contribution in [2.24, 2.45) is 5.73 Å². The van der Waals surface area contributed by atoms with Crippen LogP contribution < -0.4 is 15.2 Å². The Balaban J connectivity index is 2.04. The van der Waals surface area contributed by atoms with Crippen molar-refractivity contribution in [2.45, 2.75) is 4.90 Å². The van der Waals surface area contributed by atoms with E-state index in [1.807, 2.05) is 0 Å². The molecule has 0 amide bonds. The van der Waals surface area contributed by atoms with Crippen molar-refractivity contribution in [1.82, 2.24) is 4.72 Å². The molecule has 0 atom stereocenters. The SMILES string of the molecule is N=C(N)c1ccc(C(=O)Oc2ccc(S(=O)(=O)NCOCO)cc2)cc1. The van der Waals surface area contributed by atoms with Gasteiger partial charge in [0.2, 0.25) is 10.0 Å². The maximum absolute atomic E-state index is 12.1. The first-order valence-electron chi connectivity index (χ1n) is 7.28. The number of ether oxygens (including phenoxy) is 2. The molecule has 0 saturated heterocycles. The van der Waals surface area contributed by atoms with Gasteiger partial charge in [0.25, 0.3) is 0 Å². The van der Waals surface area contributed by atoms with Crippen LogP contribution in [0.3, 0.4) is 0 Å². The molecule has 2 aromatic rings. The number of esters is 1. The molecule has 10 heteroatoms. The molecule has 138 valence electrons. The smallest absolute Gasteiger partial charge is 0.343 e. The number of nitrogens with one attached hydrogen (secondary N) is 2. The van der Waals surface area contributed by atoms with Crippen molar-refractivity contribution in [3.05, 3.63) is 59.7 Å². The third-order valence-electron chi connectivity index (χ3n) is 3.22. The minimum atomic E-state index is -3.80. The van der Waals surface area contributed by atoms with E-state index >= 15 is 0 Å². The van der Waals surface area contributed by atoms with Gasteiger partial charge in [-0.05, 0) is 36.4 Å². The van der Waals surface area contributed by atoms with E-state index in [1.165, 1.54) is 48.5 Å². The number of carbonyl (C=O) groups is 1. The van der Waals surface area contributed by atoms with Crippen LogP contribution in [-0.2, 0) is 14.8 Å². The monoisotopic (exact) mass is 379 g/mol. The van der Waals surface area contributed by atoms with Gasteiger partial charge in [0, 0.05) is 5.56 Å². The summed E-state index contributed by atoms with van der Waals surface area (Å²) >= 11 is 0. The first kappa shape index (κ1) is 19.5. The molecule has 26 heavy (non-hydrogen) atoms. The Morgan fingerprint density at radius 1 is 1.08 bits per heavy atom. The second-order valence-corrected chi connectivity index (χ2v) is 6.74. The number of nitrogen functional groups attached to an aromatic ring is 1. The Morgan fingerprint density at radius 3 is 2.19 bits per heavy atom. The van der Waals surface area contributed by atoms with E-state index in [9.17, 15) is 13.2 Å². The van der Waals surface area contributed by atoms with Gasteiger partial charge < -0.3 is 20.3 Å². The van der Waals surface area contributed by atoms with E-state index in [0.29, 0.717) is 5.56 Å². The van der Waals surface area contributed by atoms with Gasteiger partial charge in [0.15, 0.2) is 0 Å². The van der Waals surface area contributed by atoms with Crippen LogP contribution in [-0.4, -0.2) is 38.9 Å². The van der Waals surface area contributed by atoms with E-state index in [2.05, 4.69) is 9.46 Å². The normalized spacial score (nSPS) is 11.1. The first-order valence-corrected chi connectivity index (χ1v) is 8.77. The van der Waals surface area contributed by atoms with Crippen molar-refractivity contribution >= 4 is 21.8 Å². The fourth-order valence-electron chi connectivity index (χ4n) is 1.89. The van der Waals surface area contributed by atoms with Crippen molar-refractivity contribution in [3.8, 4) is 5.75 Å². The van der Waals surface area contributed by atoms with E-state index in [-0.39, 0.29) is 28.8 Å². The van der Waals surface area contributed by atoms with Crippen LogP contribution in [0.4, 0.5) is 0 Å². The Labute approximate surface area is 149 Å². The van der Waals surface area contributed by atoms with Gasteiger partial charge in [-0.1, -0.05) is 12.1 Å². The van der Waals surface area contributed by atoms with Crippen LogP contribution in [0.2, 0.25) is 0 Å². The molecular formula is C16H17N3O6S. The number of nitrogens with two attached hydrogens (primary N) is 1. The van der Waals surface area contributed by atoms with Gasteiger partial charge in [-0.3, -0.25) is 5.41 Å². The fourth-order valence-corrected chi connectivity index (χ4v) is 2.79. The van der Waals surface area contributed by atoms with Gasteiger partial charge in [-0.25, -0.2) is 13.2 Å². The number of carbonyl (C=O) groups excluding carboxylic acids is 1. The average molecular weight is 379 g/mol. The molecule has 2 rings (SSSR count). The summed E-state index contributed by atoms with van der Waals surface area (Å²) in [5, 5.41) is 15.8. The third-order valence-corrected chi connectivity index (χ3v) is 4.61. The van der Waals surface area contributed by atoms with Crippen LogP contribution in [0.15, 0.2) is 53.4 Å². The Morgan fingerprint density at radius 2 is 1.65 bits per heavy atom. The lowest BCUT2D eigenvalue weighted by atomic mass is 10.1. The van der Waals surface area contributed by atoms with Crippen LogP contribution in [0.1, 0.15) is 15.9 Å². The summed E-state index contributed by atoms with van der Waals surface area (Å²) in [6.45, 7) is -0.976. The molecule has 0 aliphatic carbocycles. The standard InChI is InChI=1S/C16H17N3O6S/c17-15(18)11-1-3-12(4-2-11)16(21)25-13-5-7-14(8-6-13)26(22,23)19-9-24-10-20/h1-8,19-20H,9-10H2,(H3,17,18). The molecule has 0 bridgehead atoms. The van der Waals surface area contributed by atoms with Crippen LogP contribution >= 0.6 is 0 Å². The number of hydrogen-bond acceptors (Lipinski definition) is 7. The van der Waals surface area contributed by atoms with Crippen molar-refractivity contribution in [2.75, 3.05) is 13.5 Å². The predicted octanol–water partition coefficient (Wildman–Crippen LogP) is 0.392. The number of benzene rings is 2. The molecule has 0 radical (unpaired) electrons. The first-order chi connectivity index (χ1) is 12.3. The Kier molecular flexibility index (Phi) is 6.41. The zero-order chi connectivity index (χ0) is 19.2. The maximum atomic E-state index is 12.1. The molecule has 0 heterocycles. The van der Waals surface area contributed by atoms with Crippen LogP contribution in [0.25, 0.3) is 0 Å². The van der Waals surface area contributed by atoms with Gasteiger partial charge in [0.05, 0.1) is 10.5 Å². The van der Waals surface area contributed by atoms with E-state index < -0.39 is 22.8 Å². The molecule has 2 aromatic carbocycles. The summed E-state index contributed by atoms with van der Waals surface area (Å²) in [5.41, 5.74) is 6.08. The molecule has 0 unspecified atom stereocenters. The van der Waals surface area contributed by atoms with Gasteiger partial charge in [-0.15, -0.1) is 0 Å². The highest BCUT2D eigenvalue weighted by molar-refractivity contribution is 7.89. The fraction of sp³-hybridized carbons (Fsp3) is 0.125.